The molecule has 0 bridgehead atoms. The Kier molecular flexibility index (Phi) is 4.76. The molecule has 1 heterocycles. The highest BCUT2D eigenvalue weighted by Gasteiger charge is 2.21. The monoisotopic (exact) mass is 389 g/mol. The van der Waals surface area contributed by atoms with Crippen LogP contribution >= 0.6 is 39.1 Å². The quantitative estimate of drug-likeness (QED) is 0.480. The lowest BCUT2D eigenvalue weighted by Crippen LogP contribution is -2.14. The number of nitrogens with one attached hydrogen (secondary N) is 1. The van der Waals surface area contributed by atoms with Gasteiger partial charge >= 0.3 is 0 Å². The number of anilines is 1. The maximum atomic E-state index is 12.1. The SMILES string of the molecule is O=C(Nc1ccc(Br)c(Cl)c1)c1cc(Cl)ncc1[N+](=O)[O-]. The number of nitrogens with zero attached hydrogens (tertiary/aromatic N) is 2. The lowest BCUT2D eigenvalue weighted by atomic mass is 10.2. The summed E-state index contributed by atoms with van der Waals surface area (Å²) in [4.78, 5) is 25.9. The van der Waals surface area contributed by atoms with E-state index in [0.29, 0.717) is 15.2 Å². The molecule has 0 atom stereocenters. The molecular formula is C12H6BrCl2N3O3. The van der Waals surface area contributed by atoms with Crippen molar-refractivity contribution in [1.29, 1.82) is 0 Å². The van der Waals surface area contributed by atoms with Crippen LogP contribution in [0.25, 0.3) is 0 Å². The molecule has 108 valence electrons. The van der Waals surface area contributed by atoms with Gasteiger partial charge in [0.05, 0.1) is 9.95 Å². The Morgan fingerprint density at radius 1 is 1.33 bits per heavy atom. The van der Waals surface area contributed by atoms with Gasteiger partial charge in [0.2, 0.25) is 0 Å². The van der Waals surface area contributed by atoms with Gasteiger partial charge in [-0.25, -0.2) is 4.98 Å². The van der Waals surface area contributed by atoms with Crippen molar-refractivity contribution in [1.82, 2.24) is 4.98 Å². The van der Waals surface area contributed by atoms with Crippen molar-refractivity contribution in [3.8, 4) is 0 Å². The van der Waals surface area contributed by atoms with Gasteiger partial charge in [-0.1, -0.05) is 23.2 Å². The standard InChI is InChI=1S/C12H6BrCl2N3O3/c13-8-2-1-6(3-9(8)14)17-12(19)7-4-11(15)16-5-10(7)18(20)21/h1-5H,(H,17,19). The van der Waals surface area contributed by atoms with E-state index in [1.165, 1.54) is 6.07 Å². The summed E-state index contributed by atoms with van der Waals surface area (Å²) in [6.07, 6.45) is 0.936. The number of hydrogen-bond donors (Lipinski definition) is 1. The Labute approximate surface area is 137 Å². The molecule has 0 spiro atoms. The number of carbonyl (C=O) groups is 1. The fourth-order valence-corrected chi connectivity index (χ4v) is 2.11. The van der Waals surface area contributed by atoms with E-state index in [-0.39, 0.29) is 10.7 Å². The van der Waals surface area contributed by atoms with Crippen LogP contribution in [0.2, 0.25) is 10.2 Å². The minimum Gasteiger partial charge on any atom is -0.322 e. The number of amides is 1. The van der Waals surface area contributed by atoms with E-state index in [9.17, 15) is 14.9 Å². The number of halogens is 3. The molecule has 21 heavy (non-hydrogen) atoms. The van der Waals surface area contributed by atoms with E-state index in [1.807, 2.05) is 0 Å². The maximum absolute atomic E-state index is 12.1. The van der Waals surface area contributed by atoms with Gasteiger partial charge in [0.15, 0.2) is 0 Å². The predicted octanol–water partition coefficient (Wildman–Crippen LogP) is 4.31. The highest BCUT2D eigenvalue weighted by Crippen LogP contribution is 2.27. The first-order chi connectivity index (χ1) is 9.88. The minimum atomic E-state index is -0.702. The van der Waals surface area contributed by atoms with E-state index in [4.69, 9.17) is 23.2 Å². The van der Waals surface area contributed by atoms with E-state index >= 15 is 0 Å². The summed E-state index contributed by atoms with van der Waals surface area (Å²) in [7, 11) is 0. The molecule has 2 aromatic rings. The maximum Gasteiger partial charge on any atom is 0.300 e. The lowest BCUT2D eigenvalue weighted by molar-refractivity contribution is -0.385. The summed E-state index contributed by atoms with van der Waals surface area (Å²) in [5, 5.41) is 13.8. The summed E-state index contributed by atoms with van der Waals surface area (Å²) in [5.74, 6) is -0.676. The number of carbonyl (C=O) groups excluding carboxylic acids is 1. The first-order valence-electron chi connectivity index (χ1n) is 5.45. The average Bonchev–Trinajstić information content (AvgIpc) is 2.42. The zero-order chi connectivity index (χ0) is 15.6. The topological polar surface area (TPSA) is 85.1 Å². The molecule has 0 radical (unpaired) electrons. The third-order valence-electron chi connectivity index (χ3n) is 2.47. The van der Waals surface area contributed by atoms with Crippen molar-refractivity contribution < 1.29 is 9.72 Å². The van der Waals surface area contributed by atoms with Crippen LogP contribution < -0.4 is 5.32 Å². The van der Waals surface area contributed by atoms with Crippen LogP contribution in [0.1, 0.15) is 10.4 Å². The van der Waals surface area contributed by atoms with E-state index in [1.54, 1.807) is 12.1 Å². The first-order valence-corrected chi connectivity index (χ1v) is 6.99. The van der Waals surface area contributed by atoms with E-state index in [2.05, 4.69) is 26.2 Å². The molecule has 1 N–H and O–H groups in total. The number of benzene rings is 1. The Hall–Kier alpha value is -1.70. The van der Waals surface area contributed by atoms with Crippen LogP contribution in [0.5, 0.6) is 0 Å². The number of aromatic nitrogens is 1. The number of hydrogen-bond acceptors (Lipinski definition) is 4. The Bertz CT molecular complexity index is 740. The highest BCUT2D eigenvalue weighted by molar-refractivity contribution is 9.10. The molecule has 0 aliphatic carbocycles. The fourth-order valence-electron chi connectivity index (χ4n) is 1.52. The molecule has 0 aliphatic heterocycles. The Morgan fingerprint density at radius 3 is 2.67 bits per heavy atom. The summed E-state index contributed by atoms with van der Waals surface area (Å²) < 4.78 is 0.667. The predicted molar refractivity (Wildman–Crippen MR) is 83.0 cm³/mol. The van der Waals surface area contributed by atoms with Gasteiger partial charge in [0.1, 0.15) is 16.9 Å². The highest BCUT2D eigenvalue weighted by atomic mass is 79.9. The number of nitro groups is 1. The normalized spacial score (nSPS) is 10.2. The zero-order valence-corrected chi connectivity index (χ0v) is 13.2. The molecule has 0 aliphatic rings. The molecule has 0 unspecified atom stereocenters. The largest absolute Gasteiger partial charge is 0.322 e. The molecule has 9 heteroatoms. The third-order valence-corrected chi connectivity index (χ3v) is 3.91. The first kappa shape index (κ1) is 15.7. The second kappa shape index (κ2) is 6.38. The lowest BCUT2D eigenvalue weighted by Gasteiger charge is -2.07. The van der Waals surface area contributed by atoms with Gasteiger partial charge < -0.3 is 5.32 Å². The summed E-state index contributed by atoms with van der Waals surface area (Å²) in [6, 6.07) is 5.89. The molecule has 6 nitrogen and oxygen atoms in total. The van der Waals surface area contributed by atoms with Crippen molar-refractivity contribution in [3.63, 3.8) is 0 Å². The number of rotatable bonds is 3. The van der Waals surface area contributed by atoms with Crippen molar-refractivity contribution in [2.24, 2.45) is 0 Å². The third kappa shape index (κ3) is 3.69. The van der Waals surface area contributed by atoms with Crippen LogP contribution in [0, 0.1) is 10.1 Å². The minimum absolute atomic E-state index is 0.0143. The van der Waals surface area contributed by atoms with Gasteiger partial charge in [0, 0.05) is 10.2 Å². The smallest absolute Gasteiger partial charge is 0.300 e. The fraction of sp³-hybridized carbons (Fsp3) is 0. The molecular weight excluding hydrogens is 385 g/mol. The molecule has 0 fully saturated rings. The van der Waals surface area contributed by atoms with Crippen LogP contribution in [0.4, 0.5) is 11.4 Å². The van der Waals surface area contributed by atoms with Gasteiger partial charge in [-0.2, -0.15) is 0 Å². The second-order valence-electron chi connectivity index (χ2n) is 3.86. The van der Waals surface area contributed by atoms with Crippen molar-refractivity contribution in [2.75, 3.05) is 5.32 Å². The van der Waals surface area contributed by atoms with Crippen LogP contribution in [0.15, 0.2) is 34.9 Å². The van der Waals surface area contributed by atoms with E-state index in [0.717, 1.165) is 12.3 Å². The zero-order valence-electron chi connectivity index (χ0n) is 10.1. The molecule has 1 aromatic carbocycles. The van der Waals surface area contributed by atoms with Crippen LogP contribution in [0.3, 0.4) is 0 Å². The molecule has 1 amide bonds. The van der Waals surface area contributed by atoms with Crippen LogP contribution in [-0.4, -0.2) is 15.8 Å². The number of pyridine rings is 1. The molecule has 0 saturated heterocycles. The summed E-state index contributed by atoms with van der Waals surface area (Å²) in [6.45, 7) is 0. The summed E-state index contributed by atoms with van der Waals surface area (Å²) in [5.41, 5.74) is -0.213. The van der Waals surface area contributed by atoms with Gasteiger partial charge in [-0.05, 0) is 40.2 Å². The van der Waals surface area contributed by atoms with Crippen molar-refractivity contribution in [3.05, 3.63) is 60.8 Å². The van der Waals surface area contributed by atoms with Gasteiger partial charge in [-0.3, -0.25) is 14.9 Å². The molecule has 1 aromatic heterocycles. The van der Waals surface area contributed by atoms with E-state index < -0.39 is 16.5 Å². The second-order valence-corrected chi connectivity index (χ2v) is 5.51. The van der Waals surface area contributed by atoms with Crippen molar-refractivity contribution in [2.45, 2.75) is 0 Å². The van der Waals surface area contributed by atoms with Gasteiger partial charge in [-0.15, -0.1) is 0 Å². The van der Waals surface area contributed by atoms with Crippen LogP contribution in [-0.2, 0) is 0 Å². The van der Waals surface area contributed by atoms with Gasteiger partial charge in [0.25, 0.3) is 11.6 Å². The Morgan fingerprint density at radius 2 is 2.05 bits per heavy atom. The Balaban J connectivity index is 2.34. The average molecular weight is 391 g/mol. The summed E-state index contributed by atoms with van der Waals surface area (Å²) >= 11 is 14.8. The van der Waals surface area contributed by atoms with Crippen molar-refractivity contribution >= 4 is 56.4 Å². The molecule has 0 saturated carbocycles. The molecule has 2 rings (SSSR count).